The molecule has 2 aromatic rings. The SMILES string of the molecule is O=C(Oc1ccccc1)N1CCC(CNS(=O)(=O)Cc2ccc(F)cc2)CC1. The second kappa shape index (κ2) is 9.16. The fourth-order valence-electron chi connectivity index (χ4n) is 3.07. The van der Waals surface area contributed by atoms with Crippen LogP contribution in [0, 0.1) is 11.7 Å². The molecular formula is C20H23FN2O4S. The minimum absolute atomic E-state index is 0.156. The Morgan fingerprint density at radius 2 is 1.71 bits per heavy atom. The van der Waals surface area contributed by atoms with Crippen molar-refractivity contribution in [1.29, 1.82) is 0 Å². The molecule has 1 saturated heterocycles. The van der Waals surface area contributed by atoms with Gasteiger partial charge in [-0.15, -0.1) is 0 Å². The Morgan fingerprint density at radius 3 is 2.36 bits per heavy atom. The molecule has 0 spiro atoms. The molecule has 0 aliphatic carbocycles. The van der Waals surface area contributed by atoms with Gasteiger partial charge < -0.3 is 9.64 Å². The second-order valence-electron chi connectivity index (χ2n) is 6.85. The topological polar surface area (TPSA) is 75.7 Å². The van der Waals surface area contributed by atoms with Crippen LogP contribution in [0.15, 0.2) is 54.6 Å². The minimum atomic E-state index is -3.50. The smallest absolute Gasteiger partial charge is 0.410 e. The van der Waals surface area contributed by atoms with Gasteiger partial charge in [0.05, 0.1) is 5.75 Å². The van der Waals surface area contributed by atoms with Crippen LogP contribution >= 0.6 is 0 Å². The summed E-state index contributed by atoms with van der Waals surface area (Å²) in [6, 6.07) is 14.3. The average Bonchev–Trinajstić information content (AvgIpc) is 2.69. The van der Waals surface area contributed by atoms with Gasteiger partial charge >= 0.3 is 6.09 Å². The van der Waals surface area contributed by atoms with Crippen molar-refractivity contribution < 1.29 is 22.3 Å². The van der Waals surface area contributed by atoms with Crippen LogP contribution in [0.3, 0.4) is 0 Å². The molecule has 1 N–H and O–H groups in total. The number of likely N-dealkylation sites (tertiary alicyclic amines) is 1. The Kier molecular flexibility index (Phi) is 6.64. The summed E-state index contributed by atoms with van der Waals surface area (Å²) in [4.78, 5) is 13.8. The Balaban J connectivity index is 1.42. The van der Waals surface area contributed by atoms with Crippen molar-refractivity contribution in [3.8, 4) is 5.75 Å². The lowest BCUT2D eigenvalue weighted by Crippen LogP contribution is -2.42. The lowest BCUT2D eigenvalue weighted by atomic mass is 9.97. The van der Waals surface area contributed by atoms with E-state index in [4.69, 9.17) is 4.74 Å². The number of nitrogens with zero attached hydrogens (tertiary/aromatic N) is 1. The fourth-order valence-corrected chi connectivity index (χ4v) is 4.29. The van der Waals surface area contributed by atoms with E-state index in [2.05, 4.69) is 4.72 Å². The van der Waals surface area contributed by atoms with Gasteiger partial charge in [0.2, 0.25) is 10.0 Å². The molecule has 3 rings (SSSR count). The number of carbonyl (C=O) groups excluding carboxylic acids is 1. The summed E-state index contributed by atoms with van der Waals surface area (Å²) < 4.78 is 45.3. The van der Waals surface area contributed by atoms with Crippen LogP contribution in [0.5, 0.6) is 5.75 Å². The van der Waals surface area contributed by atoms with Crippen molar-refractivity contribution >= 4 is 16.1 Å². The number of rotatable bonds is 6. The summed E-state index contributed by atoms with van der Waals surface area (Å²) in [7, 11) is -3.50. The lowest BCUT2D eigenvalue weighted by Gasteiger charge is -2.31. The molecule has 2 aromatic carbocycles. The molecule has 0 saturated carbocycles. The number of nitrogens with one attached hydrogen (secondary N) is 1. The summed E-state index contributed by atoms with van der Waals surface area (Å²) in [6.45, 7) is 1.37. The molecular weight excluding hydrogens is 383 g/mol. The highest BCUT2D eigenvalue weighted by molar-refractivity contribution is 7.88. The molecule has 1 heterocycles. The van der Waals surface area contributed by atoms with Crippen LogP contribution in [0.25, 0.3) is 0 Å². The van der Waals surface area contributed by atoms with Crippen molar-refractivity contribution in [2.24, 2.45) is 5.92 Å². The molecule has 0 atom stereocenters. The van der Waals surface area contributed by atoms with E-state index < -0.39 is 15.8 Å². The quantitative estimate of drug-likeness (QED) is 0.800. The summed E-state index contributed by atoms with van der Waals surface area (Å²) in [5, 5.41) is 0. The van der Waals surface area contributed by atoms with E-state index in [1.165, 1.54) is 24.3 Å². The summed E-state index contributed by atoms with van der Waals surface area (Å²) in [5.74, 6) is 0.0776. The van der Waals surface area contributed by atoms with Crippen LogP contribution in [0.1, 0.15) is 18.4 Å². The third-order valence-electron chi connectivity index (χ3n) is 4.68. The highest BCUT2D eigenvalue weighted by Gasteiger charge is 2.25. The third kappa shape index (κ3) is 6.03. The van der Waals surface area contributed by atoms with Crippen molar-refractivity contribution in [2.45, 2.75) is 18.6 Å². The minimum Gasteiger partial charge on any atom is -0.410 e. The predicted octanol–water partition coefficient (Wildman–Crippen LogP) is 3.16. The summed E-state index contributed by atoms with van der Waals surface area (Å²) in [5.41, 5.74) is 0.535. The van der Waals surface area contributed by atoms with Gasteiger partial charge in [0, 0.05) is 19.6 Å². The van der Waals surface area contributed by atoms with E-state index in [-0.39, 0.29) is 17.8 Å². The zero-order chi connectivity index (χ0) is 20.0. The first-order valence-electron chi connectivity index (χ1n) is 9.15. The van der Waals surface area contributed by atoms with Crippen LogP contribution in [-0.4, -0.2) is 39.0 Å². The number of amides is 1. The largest absolute Gasteiger partial charge is 0.415 e. The number of hydrogen-bond acceptors (Lipinski definition) is 4. The first-order chi connectivity index (χ1) is 13.4. The monoisotopic (exact) mass is 406 g/mol. The summed E-state index contributed by atoms with van der Waals surface area (Å²) >= 11 is 0. The van der Waals surface area contributed by atoms with Gasteiger partial charge in [0.1, 0.15) is 11.6 Å². The molecule has 1 fully saturated rings. The van der Waals surface area contributed by atoms with Gasteiger partial charge in [-0.1, -0.05) is 30.3 Å². The van der Waals surface area contributed by atoms with Crippen LogP contribution in [0.2, 0.25) is 0 Å². The van der Waals surface area contributed by atoms with E-state index in [1.54, 1.807) is 29.2 Å². The Morgan fingerprint density at radius 1 is 1.07 bits per heavy atom. The van der Waals surface area contributed by atoms with Crippen LogP contribution in [0.4, 0.5) is 9.18 Å². The molecule has 1 aliphatic rings. The average molecular weight is 406 g/mol. The van der Waals surface area contributed by atoms with E-state index >= 15 is 0 Å². The second-order valence-corrected chi connectivity index (χ2v) is 8.65. The number of ether oxygens (including phenoxy) is 1. The first kappa shape index (κ1) is 20.3. The van der Waals surface area contributed by atoms with Gasteiger partial charge in [0.15, 0.2) is 0 Å². The molecule has 150 valence electrons. The molecule has 0 aromatic heterocycles. The fraction of sp³-hybridized carbons (Fsp3) is 0.350. The van der Waals surface area contributed by atoms with E-state index in [0.29, 0.717) is 43.8 Å². The molecule has 0 unspecified atom stereocenters. The number of benzene rings is 2. The van der Waals surface area contributed by atoms with Crippen molar-refractivity contribution in [2.75, 3.05) is 19.6 Å². The zero-order valence-electron chi connectivity index (χ0n) is 15.4. The normalized spacial score (nSPS) is 15.4. The maximum Gasteiger partial charge on any atom is 0.415 e. The number of sulfonamides is 1. The van der Waals surface area contributed by atoms with Crippen molar-refractivity contribution in [3.05, 3.63) is 66.0 Å². The molecule has 0 bridgehead atoms. The molecule has 1 amide bonds. The molecule has 6 nitrogen and oxygen atoms in total. The number of para-hydroxylation sites is 1. The highest BCUT2D eigenvalue weighted by Crippen LogP contribution is 2.19. The van der Waals surface area contributed by atoms with Crippen molar-refractivity contribution in [3.63, 3.8) is 0 Å². The lowest BCUT2D eigenvalue weighted by molar-refractivity contribution is 0.131. The first-order valence-corrected chi connectivity index (χ1v) is 10.8. The van der Waals surface area contributed by atoms with Gasteiger partial charge in [-0.3, -0.25) is 0 Å². The van der Waals surface area contributed by atoms with Crippen LogP contribution in [-0.2, 0) is 15.8 Å². The molecule has 8 heteroatoms. The van der Waals surface area contributed by atoms with E-state index in [1.807, 2.05) is 6.07 Å². The highest BCUT2D eigenvalue weighted by atomic mass is 32.2. The molecule has 0 radical (unpaired) electrons. The van der Waals surface area contributed by atoms with E-state index in [0.717, 1.165) is 0 Å². The number of halogens is 1. The van der Waals surface area contributed by atoms with Gasteiger partial charge in [-0.2, -0.15) is 0 Å². The third-order valence-corrected chi connectivity index (χ3v) is 6.00. The van der Waals surface area contributed by atoms with Gasteiger partial charge in [0.25, 0.3) is 0 Å². The Bertz CT molecular complexity index is 880. The van der Waals surface area contributed by atoms with E-state index in [9.17, 15) is 17.6 Å². The number of hydrogen-bond donors (Lipinski definition) is 1. The Hall–Kier alpha value is -2.45. The molecule has 28 heavy (non-hydrogen) atoms. The maximum absolute atomic E-state index is 12.9. The summed E-state index contributed by atoms with van der Waals surface area (Å²) in [6.07, 6.45) is 1.01. The predicted molar refractivity (Wildman–Crippen MR) is 104 cm³/mol. The standard InChI is InChI=1S/C20H23FN2O4S/c21-18-8-6-17(7-9-18)15-28(25,26)22-14-16-10-12-23(13-11-16)20(24)27-19-4-2-1-3-5-19/h1-9,16,22H,10-15H2. The molecule has 1 aliphatic heterocycles. The maximum atomic E-state index is 12.9. The number of piperidine rings is 1. The Labute approximate surface area is 164 Å². The van der Waals surface area contributed by atoms with Crippen LogP contribution < -0.4 is 9.46 Å². The zero-order valence-corrected chi connectivity index (χ0v) is 16.2. The van der Waals surface area contributed by atoms with Gasteiger partial charge in [-0.25, -0.2) is 22.3 Å². The van der Waals surface area contributed by atoms with Crippen molar-refractivity contribution in [1.82, 2.24) is 9.62 Å². The number of carbonyl (C=O) groups is 1. The van der Waals surface area contributed by atoms with Gasteiger partial charge in [-0.05, 0) is 48.6 Å².